The highest BCUT2D eigenvalue weighted by Crippen LogP contribution is 2.29. The molecule has 0 saturated carbocycles. The smallest absolute Gasteiger partial charge is 0.261 e. The molecule has 4 aromatic rings. The van der Waals surface area contributed by atoms with Crippen LogP contribution in [0.15, 0.2) is 79.1 Å². The van der Waals surface area contributed by atoms with Crippen molar-refractivity contribution >= 4 is 17.2 Å². The van der Waals surface area contributed by atoms with Crippen molar-refractivity contribution < 1.29 is 9.18 Å². The predicted molar refractivity (Wildman–Crippen MR) is 109 cm³/mol. The molecule has 0 aliphatic heterocycles. The SMILES string of the molecule is O=C(NCc1ccc(Cn2cccn2)cc1)c1ccc(-c2ccccc2F)s1. The van der Waals surface area contributed by atoms with Crippen LogP contribution in [0.5, 0.6) is 0 Å². The Balaban J connectivity index is 1.36. The first-order chi connectivity index (χ1) is 13.7. The number of benzene rings is 2. The van der Waals surface area contributed by atoms with E-state index >= 15 is 0 Å². The molecule has 4 rings (SSSR count). The molecule has 0 atom stereocenters. The number of halogens is 1. The average molecular weight is 391 g/mol. The number of nitrogens with one attached hydrogen (secondary N) is 1. The third-order valence-corrected chi connectivity index (χ3v) is 5.47. The second-order valence-electron chi connectivity index (χ2n) is 6.35. The fraction of sp³-hybridized carbons (Fsp3) is 0.0909. The van der Waals surface area contributed by atoms with Crippen molar-refractivity contribution in [2.45, 2.75) is 13.1 Å². The lowest BCUT2D eigenvalue weighted by Crippen LogP contribution is -2.21. The van der Waals surface area contributed by atoms with Gasteiger partial charge in [0, 0.05) is 29.4 Å². The molecule has 0 saturated heterocycles. The maximum absolute atomic E-state index is 13.9. The van der Waals surface area contributed by atoms with Gasteiger partial charge in [-0.1, -0.05) is 42.5 Å². The van der Waals surface area contributed by atoms with Gasteiger partial charge in [0.1, 0.15) is 5.82 Å². The van der Waals surface area contributed by atoms with E-state index in [1.165, 1.54) is 17.4 Å². The van der Waals surface area contributed by atoms with E-state index in [0.29, 0.717) is 23.5 Å². The van der Waals surface area contributed by atoms with Crippen LogP contribution in [0, 0.1) is 5.82 Å². The third-order valence-electron chi connectivity index (χ3n) is 4.35. The lowest BCUT2D eigenvalue weighted by Gasteiger charge is -2.06. The molecule has 0 spiro atoms. The molecule has 0 aliphatic rings. The maximum Gasteiger partial charge on any atom is 0.261 e. The Kier molecular flexibility index (Phi) is 5.30. The van der Waals surface area contributed by atoms with E-state index in [9.17, 15) is 9.18 Å². The van der Waals surface area contributed by atoms with Gasteiger partial charge in [-0.3, -0.25) is 9.48 Å². The van der Waals surface area contributed by atoms with E-state index in [0.717, 1.165) is 16.0 Å². The summed E-state index contributed by atoms with van der Waals surface area (Å²) in [6, 6.07) is 20.0. The maximum atomic E-state index is 13.9. The third kappa shape index (κ3) is 4.18. The number of amides is 1. The molecule has 0 bridgehead atoms. The van der Waals surface area contributed by atoms with Gasteiger partial charge >= 0.3 is 0 Å². The lowest BCUT2D eigenvalue weighted by molar-refractivity contribution is 0.0955. The highest BCUT2D eigenvalue weighted by atomic mass is 32.1. The van der Waals surface area contributed by atoms with E-state index in [2.05, 4.69) is 10.4 Å². The number of hydrogen-bond acceptors (Lipinski definition) is 3. The number of hydrogen-bond donors (Lipinski definition) is 1. The first-order valence-corrected chi connectivity index (χ1v) is 9.69. The molecule has 0 fully saturated rings. The van der Waals surface area contributed by atoms with Crippen LogP contribution in [0.4, 0.5) is 4.39 Å². The molecule has 1 amide bonds. The topological polar surface area (TPSA) is 46.9 Å². The van der Waals surface area contributed by atoms with Gasteiger partial charge in [0.05, 0.1) is 11.4 Å². The summed E-state index contributed by atoms with van der Waals surface area (Å²) in [4.78, 5) is 13.7. The first-order valence-electron chi connectivity index (χ1n) is 8.87. The molecular formula is C22H18FN3OS. The Morgan fingerprint density at radius 2 is 1.79 bits per heavy atom. The molecule has 28 heavy (non-hydrogen) atoms. The van der Waals surface area contributed by atoms with E-state index < -0.39 is 0 Å². The molecule has 6 heteroatoms. The number of nitrogens with zero attached hydrogens (tertiary/aromatic N) is 2. The van der Waals surface area contributed by atoms with Crippen LogP contribution in [0.1, 0.15) is 20.8 Å². The fourth-order valence-corrected chi connectivity index (χ4v) is 3.83. The molecular weight excluding hydrogens is 373 g/mol. The Hall–Kier alpha value is -3.25. The standard InChI is InChI=1S/C22H18FN3OS/c23-19-5-2-1-4-18(19)20-10-11-21(28-20)22(27)24-14-16-6-8-17(9-7-16)15-26-13-3-12-25-26/h1-13H,14-15H2,(H,24,27). The van der Waals surface area contributed by atoms with Gasteiger partial charge in [0.2, 0.25) is 0 Å². The Labute approximate surface area is 166 Å². The fourth-order valence-electron chi connectivity index (χ4n) is 2.88. The van der Waals surface area contributed by atoms with Gasteiger partial charge in [0.25, 0.3) is 5.91 Å². The number of aromatic nitrogens is 2. The molecule has 2 heterocycles. The molecule has 4 nitrogen and oxygen atoms in total. The van der Waals surface area contributed by atoms with Crippen LogP contribution in [0.2, 0.25) is 0 Å². The lowest BCUT2D eigenvalue weighted by atomic mass is 10.1. The number of thiophene rings is 1. The summed E-state index contributed by atoms with van der Waals surface area (Å²) in [5.74, 6) is -0.445. The van der Waals surface area contributed by atoms with Gasteiger partial charge in [-0.2, -0.15) is 5.10 Å². The minimum Gasteiger partial charge on any atom is -0.347 e. The average Bonchev–Trinajstić information content (AvgIpc) is 3.40. The number of carbonyl (C=O) groups excluding carboxylic acids is 1. The van der Waals surface area contributed by atoms with E-state index in [4.69, 9.17) is 0 Å². The number of carbonyl (C=O) groups is 1. The van der Waals surface area contributed by atoms with Crippen LogP contribution in [0.25, 0.3) is 10.4 Å². The number of rotatable bonds is 6. The molecule has 0 aliphatic carbocycles. The minimum atomic E-state index is -0.286. The summed E-state index contributed by atoms with van der Waals surface area (Å²) in [6.45, 7) is 1.15. The zero-order valence-electron chi connectivity index (χ0n) is 15.0. The second-order valence-corrected chi connectivity index (χ2v) is 7.43. The van der Waals surface area contributed by atoms with Crippen molar-refractivity contribution in [1.82, 2.24) is 15.1 Å². The predicted octanol–water partition coefficient (Wildman–Crippen LogP) is 4.73. The van der Waals surface area contributed by atoms with Crippen LogP contribution in [0.3, 0.4) is 0 Å². The second kappa shape index (κ2) is 8.19. The van der Waals surface area contributed by atoms with Crippen LogP contribution in [-0.4, -0.2) is 15.7 Å². The van der Waals surface area contributed by atoms with E-state index in [1.54, 1.807) is 36.5 Å². The zero-order valence-corrected chi connectivity index (χ0v) is 15.8. The molecule has 2 aromatic carbocycles. The Morgan fingerprint density at radius 1 is 1.00 bits per heavy atom. The van der Waals surface area contributed by atoms with Gasteiger partial charge in [-0.25, -0.2) is 4.39 Å². The zero-order chi connectivity index (χ0) is 19.3. The van der Waals surface area contributed by atoms with Crippen LogP contribution < -0.4 is 5.32 Å². The minimum absolute atomic E-state index is 0.159. The Morgan fingerprint density at radius 3 is 2.54 bits per heavy atom. The first kappa shape index (κ1) is 18.1. The van der Waals surface area contributed by atoms with Crippen molar-refractivity contribution in [2.24, 2.45) is 0 Å². The van der Waals surface area contributed by atoms with Crippen LogP contribution in [-0.2, 0) is 13.1 Å². The molecule has 2 aromatic heterocycles. The van der Waals surface area contributed by atoms with Crippen molar-refractivity contribution in [1.29, 1.82) is 0 Å². The Bertz CT molecular complexity index is 1070. The largest absolute Gasteiger partial charge is 0.347 e. The van der Waals surface area contributed by atoms with E-state index in [-0.39, 0.29) is 11.7 Å². The molecule has 140 valence electrons. The molecule has 0 unspecified atom stereocenters. The summed E-state index contributed by atoms with van der Waals surface area (Å²) < 4.78 is 15.8. The summed E-state index contributed by atoms with van der Waals surface area (Å²) >= 11 is 1.29. The van der Waals surface area contributed by atoms with E-state index in [1.807, 2.05) is 41.2 Å². The van der Waals surface area contributed by atoms with Gasteiger partial charge in [-0.05, 0) is 35.4 Å². The van der Waals surface area contributed by atoms with Crippen molar-refractivity contribution in [3.63, 3.8) is 0 Å². The van der Waals surface area contributed by atoms with Crippen molar-refractivity contribution in [3.05, 3.63) is 101 Å². The quantitative estimate of drug-likeness (QED) is 0.517. The highest BCUT2D eigenvalue weighted by molar-refractivity contribution is 7.17. The molecule has 1 N–H and O–H groups in total. The summed E-state index contributed by atoms with van der Waals surface area (Å²) in [7, 11) is 0. The van der Waals surface area contributed by atoms with Crippen LogP contribution >= 0.6 is 11.3 Å². The monoisotopic (exact) mass is 391 g/mol. The summed E-state index contributed by atoms with van der Waals surface area (Å²) in [5.41, 5.74) is 2.68. The molecule has 0 radical (unpaired) electrons. The van der Waals surface area contributed by atoms with Crippen molar-refractivity contribution in [2.75, 3.05) is 0 Å². The van der Waals surface area contributed by atoms with Gasteiger partial charge in [-0.15, -0.1) is 11.3 Å². The highest BCUT2D eigenvalue weighted by Gasteiger charge is 2.12. The van der Waals surface area contributed by atoms with Gasteiger partial charge in [0.15, 0.2) is 0 Å². The van der Waals surface area contributed by atoms with Crippen molar-refractivity contribution in [3.8, 4) is 10.4 Å². The summed E-state index contributed by atoms with van der Waals surface area (Å²) in [5, 5.41) is 7.11. The van der Waals surface area contributed by atoms with Gasteiger partial charge < -0.3 is 5.32 Å². The normalized spacial score (nSPS) is 10.8. The summed E-state index contributed by atoms with van der Waals surface area (Å²) in [6.07, 6.45) is 3.68.